The summed E-state index contributed by atoms with van der Waals surface area (Å²) in [6.07, 6.45) is 0.459. The van der Waals surface area contributed by atoms with Crippen LogP contribution in [0.15, 0.2) is 30.3 Å². The highest BCUT2D eigenvalue weighted by molar-refractivity contribution is 6.79. The van der Waals surface area contributed by atoms with Gasteiger partial charge in [0.25, 0.3) is 0 Å². The standard InChI is InChI=1S/C12H17NO2Si/c1-16(2,3)13(11-9-12(14)15-11)10-7-5-4-6-8-10/h4-8,11H,9H2,1-3H3. The van der Waals surface area contributed by atoms with Gasteiger partial charge in [0.2, 0.25) is 0 Å². The van der Waals surface area contributed by atoms with E-state index in [2.05, 4.69) is 36.3 Å². The van der Waals surface area contributed by atoms with E-state index in [9.17, 15) is 4.79 Å². The predicted octanol–water partition coefficient (Wildman–Crippen LogP) is 2.60. The van der Waals surface area contributed by atoms with E-state index in [-0.39, 0.29) is 12.2 Å². The second-order valence-electron chi connectivity index (χ2n) is 5.03. The van der Waals surface area contributed by atoms with Crippen molar-refractivity contribution in [3.63, 3.8) is 0 Å². The molecule has 0 aromatic heterocycles. The molecule has 2 rings (SSSR count). The molecule has 1 fully saturated rings. The van der Waals surface area contributed by atoms with E-state index in [0.29, 0.717) is 6.42 Å². The van der Waals surface area contributed by atoms with Crippen LogP contribution in [0.4, 0.5) is 5.69 Å². The molecular weight excluding hydrogens is 218 g/mol. The highest BCUT2D eigenvalue weighted by Crippen LogP contribution is 2.30. The molecule has 1 aliphatic rings. The van der Waals surface area contributed by atoms with E-state index < -0.39 is 8.24 Å². The van der Waals surface area contributed by atoms with E-state index in [1.54, 1.807) is 0 Å². The lowest BCUT2D eigenvalue weighted by molar-refractivity contribution is -0.168. The average Bonchev–Trinajstić information content (AvgIpc) is 2.15. The molecule has 0 bridgehead atoms. The molecule has 0 N–H and O–H groups in total. The maximum atomic E-state index is 10.9. The van der Waals surface area contributed by atoms with E-state index >= 15 is 0 Å². The number of para-hydroxylation sites is 1. The maximum Gasteiger partial charge on any atom is 0.313 e. The van der Waals surface area contributed by atoms with Crippen molar-refractivity contribution in [1.29, 1.82) is 0 Å². The number of esters is 1. The van der Waals surface area contributed by atoms with Crippen molar-refractivity contribution in [2.24, 2.45) is 0 Å². The Hall–Kier alpha value is -1.29. The fraction of sp³-hybridized carbons (Fsp3) is 0.417. The molecule has 1 unspecified atom stereocenters. The zero-order valence-electron chi connectivity index (χ0n) is 9.93. The highest BCUT2D eigenvalue weighted by atomic mass is 28.3. The highest BCUT2D eigenvalue weighted by Gasteiger charge is 2.40. The van der Waals surface area contributed by atoms with Crippen molar-refractivity contribution >= 4 is 19.9 Å². The first-order valence-electron chi connectivity index (χ1n) is 5.52. The SMILES string of the molecule is C[Si](C)(C)N(c1ccccc1)C1CC(=O)O1. The first kappa shape index (κ1) is 11.2. The number of hydrogen-bond acceptors (Lipinski definition) is 3. The lowest BCUT2D eigenvalue weighted by Crippen LogP contribution is -2.58. The summed E-state index contributed by atoms with van der Waals surface area (Å²) in [5.41, 5.74) is 1.15. The van der Waals surface area contributed by atoms with Crippen LogP contribution in [0.3, 0.4) is 0 Å². The lowest BCUT2D eigenvalue weighted by atomic mass is 10.2. The zero-order chi connectivity index (χ0) is 11.8. The number of cyclic esters (lactones) is 1. The van der Waals surface area contributed by atoms with Gasteiger partial charge in [0.05, 0.1) is 0 Å². The minimum Gasteiger partial charge on any atom is -0.442 e. The van der Waals surface area contributed by atoms with Crippen LogP contribution in [0.1, 0.15) is 6.42 Å². The fourth-order valence-electron chi connectivity index (χ4n) is 2.00. The van der Waals surface area contributed by atoms with Gasteiger partial charge in [-0.1, -0.05) is 37.8 Å². The largest absolute Gasteiger partial charge is 0.442 e. The van der Waals surface area contributed by atoms with E-state index in [0.717, 1.165) is 5.69 Å². The van der Waals surface area contributed by atoms with Gasteiger partial charge in [-0.3, -0.25) is 4.79 Å². The van der Waals surface area contributed by atoms with Crippen LogP contribution >= 0.6 is 0 Å². The van der Waals surface area contributed by atoms with Crippen molar-refractivity contribution in [2.75, 3.05) is 4.57 Å². The minimum atomic E-state index is -1.53. The smallest absolute Gasteiger partial charge is 0.313 e. The molecule has 0 aliphatic carbocycles. The summed E-state index contributed by atoms with van der Waals surface area (Å²) in [7, 11) is -1.53. The van der Waals surface area contributed by atoms with Gasteiger partial charge in [0.15, 0.2) is 14.5 Å². The second-order valence-corrected chi connectivity index (χ2v) is 9.85. The number of anilines is 1. The number of ether oxygens (including phenoxy) is 1. The zero-order valence-corrected chi connectivity index (χ0v) is 10.9. The second kappa shape index (κ2) is 3.94. The summed E-state index contributed by atoms with van der Waals surface area (Å²) in [5.74, 6) is -0.0934. The monoisotopic (exact) mass is 235 g/mol. The third kappa shape index (κ3) is 2.11. The Labute approximate surface area is 97.1 Å². The van der Waals surface area contributed by atoms with Crippen LogP contribution in [-0.4, -0.2) is 20.4 Å². The van der Waals surface area contributed by atoms with Crippen molar-refractivity contribution in [3.8, 4) is 0 Å². The number of benzene rings is 1. The molecule has 1 aromatic carbocycles. The maximum absolute atomic E-state index is 10.9. The Morgan fingerprint density at radius 1 is 1.25 bits per heavy atom. The quantitative estimate of drug-likeness (QED) is 0.596. The summed E-state index contributed by atoms with van der Waals surface area (Å²) < 4.78 is 7.49. The molecule has 86 valence electrons. The van der Waals surface area contributed by atoms with E-state index in [4.69, 9.17) is 4.74 Å². The molecule has 4 heteroatoms. The summed E-state index contributed by atoms with van der Waals surface area (Å²) in [5, 5.41) is 0. The normalized spacial score (nSPS) is 19.9. The van der Waals surface area contributed by atoms with Crippen molar-refractivity contribution in [2.45, 2.75) is 32.3 Å². The number of nitrogens with zero attached hydrogens (tertiary/aromatic N) is 1. The molecule has 1 saturated heterocycles. The predicted molar refractivity (Wildman–Crippen MR) is 66.8 cm³/mol. The summed E-state index contributed by atoms with van der Waals surface area (Å²) >= 11 is 0. The molecule has 16 heavy (non-hydrogen) atoms. The van der Waals surface area contributed by atoms with E-state index in [1.165, 1.54) is 0 Å². The Morgan fingerprint density at radius 3 is 2.25 bits per heavy atom. The van der Waals surface area contributed by atoms with Crippen LogP contribution in [0, 0.1) is 0 Å². The Bertz CT molecular complexity index is 378. The number of hydrogen-bond donors (Lipinski definition) is 0. The molecule has 1 aromatic rings. The van der Waals surface area contributed by atoms with Crippen LogP contribution in [0.2, 0.25) is 19.6 Å². The van der Waals surface area contributed by atoms with Crippen LogP contribution in [0.5, 0.6) is 0 Å². The lowest BCUT2D eigenvalue weighted by Gasteiger charge is -2.45. The minimum absolute atomic E-state index is 0.0541. The fourth-order valence-corrected chi connectivity index (χ4v) is 3.93. The number of carbonyl (C=O) groups excluding carboxylic acids is 1. The van der Waals surface area contributed by atoms with Gasteiger partial charge in [-0.25, -0.2) is 0 Å². The van der Waals surface area contributed by atoms with Gasteiger partial charge in [0, 0.05) is 5.69 Å². The van der Waals surface area contributed by atoms with Crippen molar-refractivity contribution < 1.29 is 9.53 Å². The van der Waals surface area contributed by atoms with Crippen molar-refractivity contribution in [3.05, 3.63) is 30.3 Å². The van der Waals surface area contributed by atoms with Gasteiger partial charge >= 0.3 is 5.97 Å². The third-order valence-electron chi connectivity index (χ3n) is 2.65. The van der Waals surface area contributed by atoms with Crippen LogP contribution in [-0.2, 0) is 9.53 Å². The summed E-state index contributed by atoms with van der Waals surface area (Å²) in [6.45, 7) is 6.77. The van der Waals surface area contributed by atoms with Gasteiger partial charge in [-0.15, -0.1) is 0 Å². The summed E-state index contributed by atoms with van der Waals surface area (Å²) in [4.78, 5) is 10.9. The molecule has 1 heterocycles. The molecule has 3 nitrogen and oxygen atoms in total. The van der Waals surface area contributed by atoms with E-state index in [1.807, 2.05) is 18.2 Å². The number of carbonyl (C=O) groups is 1. The molecular formula is C12H17NO2Si. The van der Waals surface area contributed by atoms with Crippen molar-refractivity contribution in [1.82, 2.24) is 0 Å². The van der Waals surface area contributed by atoms with Gasteiger partial charge < -0.3 is 9.30 Å². The van der Waals surface area contributed by atoms with Gasteiger partial charge in [-0.2, -0.15) is 0 Å². The molecule has 0 saturated carbocycles. The number of rotatable bonds is 3. The molecule has 0 amide bonds. The van der Waals surface area contributed by atoms with Crippen LogP contribution < -0.4 is 4.57 Å². The average molecular weight is 235 g/mol. The first-order chi connectivity index (χ1) is 7.48. The summed E-state index contributed by atoms with van der Waals surface area (Å²) in [6, 6.07) is 10.2. The first-order valence-corrected chi connectivity index (χ1v) is 8.97. The molecule has 0 radical (unpaired) electrons. The Kier molecular flexibility index (Phi) is 2.76. The third-order valence-corrected chi connectivity index (χ3v) is 4.65. The molecule has 1 atom stereocenters. The Balaban J connectivity index is 2.26. The topological polar surface area (TPSA) is 29.5 Å². The van der Waals surface area contributed by atoms with Gasteiger partial charge in [0.1, 0.15) is 6.42 Å². The molecule has 1 aliphatic heterocycles. The molecule has 0 spiro atoms. The van der Waals surface area contributed by atoms with Crippen LogP contribution in [0.25, 0.3) is 0 Å². The van der Waals surface area contributed by atoms with Gasteiger partial charge in [-0.05, 0) is 12.1 Å². The Morgan fingerprint density at radius 2 is 1.81 bits per heavy atom.